The van der Waals surface area contributed by atoms with Crippen LogP contribution in [0.2, 0.25) is 5.02 Å². The molecule has 1 aromatic heterocycles. The third-order valence-electron chi connectivity index (χ3n) is 3.23. The first kappa shape index (κ1) is 16.5. The number of benzene rings is 1. The first-order valence-corrected chi connectivity index (χ1v) is 8.03. The molecule has 0 spiro atoms. The van der Waals surface area contributed by atoms with E-state index in [1.54, 1.807) is 7.11 Å². The minimum atomic E-state index is 0.0565. The summed E-state index contributed by atoms with van der Waals surface area (Å²) >= 11 is 9.59. The van der Waals surface area contributed by atoms with Crippen molar-refractivity contribution < 1.29 is 4.74 Å². The van der Waals surface area contributed by atoms with Crippen molar-refractivity contribution in [3.8, 4) is 0 Å². The Labute approximate surface area is 138 Å². The van der Waals surface area contributed by atoms with Gasteiger partial charge in [0, 0.05) is 12.1 Å². The summed E-state index contributed by atoms with van der Waals surface area (Å²) in [5, 5.41) is 8.66. The fraction of sp³-hybridized carbons (Fsp3) is 0.400. The zero-order valence-corrected chi connectivity index (χ0v) is 14.5. The highest BCUT2D eigenvalue weighted by Gasteiger charge is 2.21. The van der Waals surface area contributed by atoms with Gasteiger partial charge in [-0.2, -0.15) is 5.10 Å². The van der Waals surface area contributed by atoms with Crippen molar-refractivity contribution in [3.63, 3.8) is 0 Å². The highest BCUT2D eigenvalue weighted by Crippen LogP contribution is 2.29. The van der Waals surface area contributed by atoms with Gasteiger partial charge in [-0.05, 0) is 40.2 Å². The van der Waals surface area contributed by atoms with Crippen LogP contribution >= 0.6 is 27.5 Å². The maximum atomic E-state index is 5.99. The molecule has 2 rings (SSSR count). The number of hydrogen-bond acceptors (Lipinski definition) is 3. The third kappa shape index (κ3) is 4.07. The van der Waals surface area contributed by atoms with Crippen molar-refractivity contribution >= 4 is 27.5 Å². The summed E-state index contributed by atoms with van der Waals surface area (Å²) in [7, 11) is 1.69. The molecule has 1 aromatic carbocycles. The van der Waals surface area contributed by atoms with Crippen molar-refractivity contribution in [2.75, 3.05) is 20.3 Å². The Morgan fingerprint density at radius 2 is 2.10 bits per heavy atom. The summed E-state index contributed by atoms with van der Waals surface area (Å²) in [5.41, 5.74) is 2.25. The Balaban J connectivity index is 2.37. The van der Waals surface area contributed by atoms with Crippen LogP contribution in [0.5, 0.6) is 0 Å². The molecule has 2 aromatic rings. The molecule has 4 nitrogen and oxygen atoms in total. The van der Waals surface area contributed by atoms with Gasteiger partial charge in [-0.15, -0.1) is 0 Å². The number of halogens is 2. The Morgan fingerprint density at radius 1 is 1.38 bits per heavy atom. The Kier molecular flexibility index (Phi) is 6.23. The fourth-order valence-electron chi connectivity index (χ4n) is 2.25. The second kappa shape index (κ2) is 7.94. The topological polar surface area (TPSA) is 39.1 Å². The SMILES string of the molecule is CCNC(c1ccc(Cl)cc1)c1c(Br)cnn1CCOC. The van der Waals surface area contributed by atoms with Crippen LogP contribution in [-0.2, 0) is 11.3 Å². The highest BCUT2D eigenvalue weighted by atomic mass is 79.9. The molecule has 1 heterocycles. The summed E-state index contributed by atoms with van der Waals surface area (Å²) in [5.74, 6) is 0. The van der Waals surface area contributed by atoms with E-state index in [-0.39, 0.29) is 6.04 Å². The number of hydrogen-bond donors (Lipinski definition) is 1. The van der Waals surface area contributed by atoms with Gasteiger partial charge < -0.3 is 10.1 Å². The zero-order valence-electron chi connectivity index (χ0n) is 12.1. The molecule has 21 heavy (non-hydrogen) atoms. The zero-order chi connectivity index (χ0) is 15.2. The minimum Gasteiger partial charge on any atom is -0.383 e. The van der Waals surface area contributed by atoms with Gasteiger partial charge in [0.05, 0.1) is 35.6 Å². The first-order valence-electron chi connectivity index (χ1n) is 6.86. The largest absolute Gasteiger partial charge is 0.383 e. The number of nitrogens with zero attached hydrogens (tertiary/aromatic N) is 2. The molecule has 0 saturated carbocycles. The van der Waals surface area contributed by atoms with E-state index in [1.165, 1.54) is 0 Å². The van der Waals surface area contributed by atoms with Gasteiger partial charge in [0.15, 0.2) is 0 Å². The molecule has 0 radical (unpaired) electrons. The molecular formula is C15H19BrClN3O. The molecule has 0 amide bonds. The van der Waals surface area contributed by atoms with Crippen LogP contribution in [0.4, 0.5) is 0 Å². The van der Waals surface area contributed by atoms with Gasteiger partial charge in [-0.25, -0.2) is 0 Å². The molecule has 1 atom stereocenters. The summed E-state index contributed by atoms with van der Waals surface area (Å²) in [6.45, 7) is 4.29. The fourth-order valence-corrected chi connectivity index (χ4v) is 2.90. The maximum Gasteiger partial charge on any atom is 0.0759 e. The Bertz CT molecular complexity index is 571. The number of methoxy groups -OCH3 is 1. The van der Waals surface area contributed by atoms with Gasteiger partial charge in [0.2, 0.25) is 0 Å². The predicted octanol–water partition coefficient (Wildman–Crippen LogP) is 3.64. The lowest BCUT2D eigenvalue weighted by Crippen LogP contribution is -2.26. The average Bonchev–Trinajstić information content (AvgIpc) is 2.84. The number of nitrogens with one attached hydrogen (secondary N) is 1. The van der Waals surface area contributed by atoms with E-state index >= 15 is 0 Å². The van der Waals surface area contributed by atoms with Gasteiger partial charge >= 0.3 is 0 Å². The van der Waals surface area contributed by atoms with E-state index in [2.05, 4.69) is 33.3 Å². The number of aromatic nitrogens is 2. The van der Waals surface area contributed by atoms with Gasteiger partial charge in [0.1, 0.15) is 0 Å². The lowest BCUT2D eigenvalue weighted by atomic mass is 10.0. The van der Waals surface area contributed by atoms with Crippen molar-refractivity contribution in [2.45, 2.75) is 19.5 Å². The lowest BCUT2D eigenvalue weighted by Gasteiger charge is -2.21. The summed E-state index contributed by atoms with van der Waals surface area (Å²) in [4.78, 5) is 0. The second-order valence-corrected chi connectivity index (χ2v) is 5.93. The van der Waals surface area contributed by atoms with Gasteiger partial charge in [-0.3, -0.25) is 4.68 Å². The van der Waals surface area contributed by atoms with E-state index in [0.29, 0.717) is 13.2 Å². The van der Waals surface area contributed by atoms with Crippen LogP contribution in [0.25, 0.3) is 0 Å². The van der Waals surface area contributed by atoms with Crippen LogP contribution < -0.4 is 5.32 Å². The van der Waals surface area contributed by atoms with Crippen molar-refractivity contribution in [1.29, 1.82) is 0 Å². The summed E-state index contributed by atoms with van der Waals surface area (Å²) in [6, 6.07) is 7.95. The normalized spacial score (nSPS) is 12.6. The molecule has 0 bridgehead atoms. The van der Waals surface area contributed by atoms with Gasteiger partial charge in [0.25, 0.3) is 0 Å². The average molecular weight is 373 g/mol. The van der Waals surface area contributed by atoms with Crippen LogP contribution in [0.1, 0.15) is 24.2 Å². The van der Waals surface area contributed by atoms with E-state index in [9.17, 15) is 0 Å². The van der Waals surface area contributed by atoms with Crippen LogP contribution in [-0.4, -0.2) is 30.0 Å². The van der Waals surface area contributed by atoms with E-state index in [1.807, 2.05) is 35.1 Å². The molecular weight excluding hydrogens is 354 g/mol. The molecule has 0 aliphatic carbocycles. The smallest absolute Gasteiger partial charge is 0.0759 e. The van der Waals surface area contributed by atoms with Crippen molar-refractivity contribution in [3.05, 3.63) is 51.2 Å². The van der Waals surface area contributed by atoms with E-state index in [0.717, 1.165) is 27.3 Å². The van der Waals surface area contributed by atoms with Crippen LogP contribution in [0, 0.1) is 0 Å². The quantitative estimate of drug-likeness (QED) is 0.806. The molecule has 1 unspecified atom stereocenters. The molecule has 0 aliphatic rings. The molecule has 0 aliphatic heterocycles. The highest BCUT2D eigenvalue weighted by molar-refractivity contribution is 9.10. The second-order valence-electron chi connectivity index (χ2n) is 4.64. The minimum absolute atomic E-state index is 0.0565. The lowest BCUT2D eigenvalue weighted by molar-refractivity contribution is 0.182. The van der Waals surface area contributed by atoms with E-state index in [4.69, 9.17) is 16.3 Å². The molecule has 6 heteroatoms. The van der Waals surface area contributed by atoms with E-state index < -0.39 is 0 Å². The number of ether oxygens (including phenoxy) is 1. The maximum absolute atomic E-state index is 5.99. The van der Waals surface area contributed by atoms with Crippen molar-refractivity contribution in [2.24, 2.45) is 0 Å². The van der Waals surface area contributed by atoms with Crippen LogP contribution in [0.15, 0.2) is 34.9 Å². The molecule has 0 fully saturated rings. The van der Waals surface area contributed by atoms with Gasteiger partial charge in [-0.1, -0.05) is 30.7 Å². The standard InChI is InChI=1S/C15H19BrClN3O/c1-3-18-14(11-4-6-12(17)7-5-11)15-13(16)10-19-20(15)8-9-21-2/h4-7,10,14,18H,3,8-9H2,1-2H3. The molecule has 1 N–H and O–H groups in total. The third-order valence-corrected chi connectivity index (χ3v) is 4.09. The Morgan fingerprint density at radius 3 is 2.71 bits per heavy atom. The van der Waals surface area contributed by atoms with Crippen LogP contribution in [0.3, 0.4) is 0 Å². The molecule has 114 valence electrons. The molecule has 0 saturated heterocycles. The Hall–Kier alpha value is -0.880. The monoisotopic (exact) mass is 371 g/mol. The van der Waals surface area contributed by atoms with Crippen molar-refractivity contribution in [1.82, 2.24) is 15.1 Å². The first-order chi connectivity index (χ1) is 10.2. The summed E-state index contributed by atoms with van der Waals surface area (Å²) in [6.07, 6.45) is 1.82. The summed E-state index contributed by atoms with van der Waals surface area (Å²) < 4.78 is 8.11. The number of rotatable bonds is 7. The predicted molar refractivity (Wildman–Crippen MR) is 88.8 cm³/mol.